The summed E-state index contributed by atoms with van der Waals surface area (Å²) in [4.78, 5) is 41.1. The average molecular weight is 457 g/mol. The fraction of sp³-hybridized carbons (Fsp3) is 0.500. The Balaban J connectivity index is 1.91. The van der Waals surface area contributed by atoms with Crippen molar-refractivity contribution in [2.45, 2.75) is 58.4 Å². The normalized spacial score (nSPS) is 17.4. The standard InChI is InChI=1S/C24H32N4O5/c1-4-15(3)20(24(31)32)27-23(30)17-11-12-28-18(13-17)26-21(16-9-7-6-8-10-16)22(28)25-14-19(29)33-5-2/h6-7,11-13,15-16,20,25H,4-5,8-10,14H2,1-3H3,(H,27,30)(H,31,32). The van der Waals surface area contributed by atoms with Gasteiger partial charge in [0.2, 0.25) is 0 Å². The largest absolute Gasteiger partial charge is 0.480 e. The summed E-state index contributed by atoms with van der Waals surface area (Å²) in [5, 5.41) is 15.3. The number of amides is 1. The van der Waals surface area contributed by atoms with E-state index in [1.165, 1.54) is 0 Å². The Hall–Kier alpha value is -3.36. The van der Waals surface area contributed by atoms with Crippen LogP contribution in [0.4, 0.5) is 5.82 Å². The van der Waals surface area contributed by atoms with Crippen molar-refractivity contribution >= 4 is 29.3 Å². The van der Waals surface area contributed by atoms with Gasteiger partial charge in [0, 0.05) is 17.7 Å². The van der Waals surface area contributed by atoms with E-state index in [1.807, 2.05) is 11.3 Å². The zero-order chi connectivity index (χ0) is 24.0. The number of carboxylic acids is 1. The number of rotatable bonds is 10. The molecule has 33 heavy (non-hydrogen) atoms. The van der Waals surface area contributed by atoms with Gasteiger partial charge in [-0.2, -0.15) is 0 Å². The minimum Gasteiger partial charge on any atom is -0.480 e. The molecular formula is C24H32N4O5. The van der Waals surface area contributed by atoms with E-state index in [9.17, 15) is 19.5 Å². The smallest absolute Gasteiger partial charge is 0.326 e. The minimum atomic E-state index is -1.06. The number of carboxylic acid groups (broad SMARTS) is 1. The molecule has 3 N–H and O–H groups in total. The number of fused-ring (bicyclic) bond motifs is 1. The fourth-order valence-corrected chi connectivity index (χ4v) is 3.98. The summed E-state index contributed by atoms with van der Waals surface area (Å²) < 4.78 is 6.84. The maximum absolute atomic E-state index is 12.8. The first-order valence-corrected chi connectivity index (χ1v) is 11.5. The zero-order valence-electron chi connectivity index (χ0n) is 19.3. The number of hydrogen-bond donors (Lipinski definition) is 3. The highest BCUT2D eigenvalue weighted by molar-refractivity contribution is 5.97. The van der Waals surface area contributed by atoms with E-state index in [1.54, 1.807) is 32.2 Å². The molecule has 3 rings (SSSR count). The number of nitrogens with zero attached hydrogens (tertiary/aromatic N) is 2. The monoisotopic (exact) mass is 456 g/mol. The summed E-state index contributed by atoms with van der Waals surface area (Å²) in [5.41, 5.74) is 1.72. The van der Waals surface area contributed by atoms with E-state index in [0.29, 0.717) is 30.1 Å². The SMILES string of the molecule is CCOC(=O)CNc1c(C2CC=CCC2)nc2cc(C(=O)NC(C(=O)O)C(C)CC)ccn12. The van der Waals surface area contributed by atoms with Gasteiger partial charge in [-0.05, 0) is 44.2 Å². The Labute approximate surface area is 193 Å². The fourth-order valence-electron chi connectivity index (χ4n) is 3.98. The van der Waals surface area contributed by atoms with Gasteiger partial charge in [-0.25, -0.2) is 9.78 Å². The van der Waals surface area contributed by atoms with Crippen molar-refractivity contribution in [1.29, 1.82) is 0 Å². The molecule has 3 atom stereocenters. The van der Waals surface area contributed by atoms with E-state index in [0.717, 1.165) is 25.0 Å². The molecular weight excluding hydrogens is 424 g/mol. The summed E-state index contributed by atoms with van der Waals surface area (Å²) in [6.45, 7) is 5.75. The molecule has 1 aliphatic rings. The average Bonchev–Trinajstić information content (AvgIpc) is 3.18. The third kappa shape index (κ3) is 5.71. The van der Waals surface area contributed by atoms with Gasteiger partial charge < -0.3 is 20.5 Å². The maximum Gasteiger partial charge on any atom is 0.326 e. The first-order valence-electron chi connectivity index (χ1n) is 11.5. The predicted octanol–water partition coefficient (Wildman–Crippen LogP) is 3.36. The first kappa shape index (κ1) is 24.3. The predicted molar refractivity (Wildman–Crippen MR) is 124 cm³/mol. The van der Waals surface area contributed by atoms with Crippen molar-refractivity contribution in [2.24, 2.45) is 5.92 Å². The summed E-state index contributed by atoms with van der Waals surface area (Å²) in [6.07, 6.45) is 9.37. The topological polar surface area (TPSA) is 122 Å². The van der Waals surface area contributed by atoms with Gasteiger partial charge >= 0.3 is 11.9 Å². The molecule has 9 nitrogen and oxygen atoms in total. The third-order valence-corrected chi connectivity index (χ3v) is 6.04. The van der Waals surface area contributed by atoms with Gasteiger partial charge in [0.1, 0.15) is 24.1 Å². The quantitative estimate of drug-likeness (QED) is 0.370. The molecule has 0 radical (unpaired) electrons. The number of carbonyl (C=O) groups excluding carboxylic acids is 2. The van der Waals surface area contributed by atoms with Gasteiger partial charge in [-0.1, -0.05) is 32.4 Å². The van der Waals surface area contributed by atoms with Crippen molar-refractivity contribution in [2.75, 3.05) is 18.5 Å². The number of aliphatic carboxylic acids is 1. The number of esters is 1. The molecule has 2 heterocycles. The Morgan fingerprint density at radius 3 is 2.73 bits per heavy atom. The van der Waals surface area contributed by atoms with Crippen molar-refractivity contribution < 1.29 is 24.2 Å². The van der Waals surface area contributed by atoms with Gasteiger partial charge in [-0.15, -0.1) is 0 Å². The molecule has 0 fully saturated rings. The van der Waals surface area contributed by atoms with Crippen molar-refractivity contribution in [3.05, 3.63) is 41.7 Å². The summed E-state index contributed by atoms with van der Waals surface area (Å²) in [7, 11) is 0. The van der Waals surface area contributed by atoms with Crippen LogP contribution in [0.25, 0.3) is 5.65 Å². The second kappa shape index (κ2) is 11.0. The summed E-state index contributed by atoms with van der Waals surface area (Å²) in [5.74, 6) is -1.19. The van der Waals surface area contributed by atoms with E-state index >= 15 is 0 Å². The Morgan fingerprint density at radius 1 is 1.30 bits per heavy atom. The number of nitrogens with one attached hydrogen (secondary N) is 2. The second-order valence-corrected chi connectivity index (χ2v) is 8.30. The zero-order valence-corrected chi connectivity index (χ0v) is 19.3. The molecule has 0 saturated heterocycles. The first-order chi connectivity index (χ1) is 15.8. The summed E-state index contributed by atoms with van der Waals surface area (Å²) in [6, 6.07) is 2.30. The van der Waals surface area contributed by atoms with Crippen LogP contribution in [0.15, 0.2) is 30.5 Å². The number of carbonyl (C=O) groups is 3. The van der Waals surface area contributed by atoms with Gasteiger partial charge in [0.05, 0.1) is 12.3 Å². The number of anilines is 1. The molecule has 2 aromatic rings. The Kier molecular flexibility index (Phi) is 8.08. The van der Waals surface area contributed by atoms with Crippen LogP contribution in [-0.4, -0.2) is 51.5 Å². The molecule has 178 valence electrons. The number of imidazole rings is 1. The van der Waals surface area contributed by atoms with Gasteiger partial charge in [0.25, 0.3) is 5.91 Å². The van der Waals surface area contributed by atoms with Crippen LogP contribution in [-0.2, 0) is 14.3 Å². The molecule has 2 aromatic heterocycles. The molecule has 0 spiro atoms. The lowest BCUT2D eigenvalue weighted by Gasteiger charge is -2.20. The number of pyridine rings is 1. The van der Waals surface area contributed by atoms with Crippen LogP contribution < -0.4 is 10.6 Å². The Morgan fingerprint density at radius 2 is 2.09 bits per heavy atom. The molecule has 1 aliphatic carbocycles. The van der Waals surface area contributed by atoms with Crippen LogP contribution in [0.2, 0.25) is 0 Å². The van der Waals surface area contributed by atoms with E-state index in [2.05, 4.69) is 22.8 Å². The molecule has 1 amide bonds. The maximum atomic E-state index is 12.8. The molecule has 3 unspecified atom stereocenters. The van der Waals surface area contributed by atoms with Crippen LogP contribution in [0.5, 0.6) is 0 Å². The Bertz CT molecular complexity index is 1040. The summed E-state index contributed by atoms with van der Waals surface area (Å²) >= 11 is 0. The third-order valence-electron chi connectivity index (χ3n) is 6.04. The van der Waals surface area contributed by atoms with Crippen LogP contribution in [0.1, 0.15) is 68.4 Å². The number of allylic oxidation sites excluding steroid dienone is 2. The highest BCUT2D eigenvalue weighted by Gasteiger charge is 2.27. The van der Waals surface area contributed by atoms with Crippen molar-refractivity contribution in [3.8, 4) is 0 Å². The molecule has 0 bridgehead atoms. The van der Waals surface area contributed by atoms with Crippen molar-refractivity contribution in [3.63, 3.8) is 0 Å². The molecule has 0 aliphatic heterocycles. The van der Waals surface area contributed by atoms with Crippen LogP contribution in [0, 0.1) is 5.92 Å². The van der Waals surface area contributed by atoms with Gasteiger partial charge in [-0.3, -0.25) is 14.0 Å². The minimum absolute atomic E-state index is 0.00856. The molecule has 9 heteroatoms. The number of hydrogen-bond acceptors (Lipinski definition) is 6. The lowest BCUT2D eigenvalue weighted by atomic mass is 9.91. The van der Waals surface area contributed by atoms with E-state index < -0.39 is 17.9 Å². The number of aromatic nitrogens is 2. The van der Waals surface area contributed by atoms with Gasteiger partial charge in [0.15, 0.2) is 0 Å². The molecule has 0 saturated carbocycles. The van der Waals surface area contributed by atoms with Crippen molar-refractivity contribution in [1.82, 2.24) is 14.7 Å². The number of ether oxygens (including phenoxy) is 1. The highest BCUT2D eigenvalue weighted by atomic mass is 16.5. The molecule has 0 aromatic carbocycles. The van der Waals surface area contributed by atoms with Crippen LogP contribution >= 0.6 is 0 Å². The van der Waals surface area contributed by atoms with E-state index in [-0.39, 0.29) is 24.3 Å². The van der Waals surface area contributed by atoms with E-state index in [4.69, 9.17) is 9.72 Å². The second-order valence-electron chi connectivity index (χ2n) is 8.30. The lowest BCUT2D eigenvalue weighted by Crippen LogP contribution is -2.45. The lowest BCUT2D eigenvalue weighted by molar-refractivity contribution is -0.141. The highest BCUT2D eigenvalue weighted by Crippen LogP contribution is 2.34. The van der Waals surface area contributed by atoms with Crippen LogP contribution in [0.3, 0.4) is 0 Å².